The highest BCUT2D eigenvalue weighted by Crippen LogP contribution is 2.40. The van der Waals surface area contributed by atoms with Crippen molar-refractivity contribution in [2.75, 3.05) is 12.4 Å². The summed E-state index contributed by atoms with van der Waals surface area (Å²) in [4.78, 5) is 22.3. The second-order valence-corrected chi connectivity index (χ2v) is 3.38. The molecule has 1 aliphatic rings. The van der Waals surface area contributed by atoms with Crippen molar-refractivity contribution in [3.05, 3.63) is 23.3 Å². The normalized spacial score (nSPS) is 14.6. The molecule has 4 nitrogen and oxygen atoms in total. The lowest BCUT2D eigenvalue weighted by Crippen LogP contribution is -2.12. The van der Waals surface area contributed by atoms with Gasteiger partial charge in [0.25, 0.3) is 11.7 Å². The van der Waals surface area contributed by atoms with Crippen LogP contribution in [0.1, 0.15) is 15.9 Å². The molecule has 1 heterocycles. The summed E-state index contributed by atoms with van der Waals surface area (Å²) in [5, 5.41) is 2.07. The Morgan fingerprint density at radius 1 is 1.24 bits per heavy atom. The molecule has 0 aromatic heterocycles. The first-order chi connectivity index (χ1) is 7.84. The number of alkyl halides is 3. The van der Waals surface area contributed by atoms with E-state index in [2.05, 4.69) is 10.1 Å². The van der Waals surface area contributed by atoms with E-state index in [0.717, 1.165) is 13.2 Å². The molecule has 0 saturated carbocycles. The first-order valence-corrected chi connectivity index (χ1v) is 4.49. The molecule has 0 saturated heterocycles. The number of hydrogen-bond donors (Lipinski definition) is 1. The standard InChI is InChI=1S/C10H6F3NO3/c1-17-7-2-4-6(14-9(16)8(4)15)3-5(7)10(11,12)13/h2-3H,1H3,(H,14,15,16). The molecule has 1 aromatic rings. The number of methoxy groups -OCH3 is 1. The molecule has 0 atom stereocenters. The molecule has 2 rings (SSSR count). The van der Waals surface area contributed by atoms with Gasteiger partial charge in [-0.05, 0) is 12.1 Å². The van der Waals surface area contributed by atoms with E-state index in [4.69, 9.17) is 0 Å². The highest BCUT2D eigenvalue weighted by Gasteiger charge is 2.38. The number of carbonyl (C=O) groups is 2. The molecule has 0 spiro atoms. The fourth-order valence-electron chi connectivity index (χ4n) is 1.56. The first kappa shape index (κ1) is 11.4. The molecule has 1 amide bonds. The minimum atomic E-state index is -4.61. The molecule has 0 bridgehead atoms. The van der Waals surface area contributed by atoms with E-state index in [1.807, 2.05) is 0 Å². The lowest BCUT2D eigenvalue weighted by Gasteiger charge is -2.13. The van der Waals surface area contributed by atoms with Crippen LogP contribution < -0.4 is 10.1 Å². The van der Waals surface area contributed by atoms with Gasteiger partial charge in [0.05, 0.1) is 23.9 Å². The molecule has 1 aromatic carbocycles. The molecule has 0 radical (unpaired) electrons. The third kappa shape index (κ3) is 1.73. The van der Waals surface area contributed by atoms with Gasteiger partial charge in [-0.2, -0.15) is 13.2 Å². The van der Waals surface area contributed by atoms with Gasteiger partial charge in [-0.15, -0.1) is 0 Å². The average molecular weight is 245 g/mol. The van der Waals surface area contributed by atoms with Gasteiger partial charge < -0.3 is 10.1 Å². The summed E-state index contributed by atoms with van der Waals surface area (Å²) in [6, 6.07) is 1.61. The largest absolute Gasteiger partial charge is 0.496 e. The predicted molar refractivity (Wildman–Crippen MR) is 51.0 cm³/mol. The van der Waals surface area contributed by atoms with Gasteiger partial charge in [-0.25, -0.2) is 0 Å². The summed E-state index contributed by atoms with van der Waals surface area (Å²) < 4.78 is 42.4. The quantitative estimate of drug-likeness (QED) is 0.768. The van der Waals surface area contributed by atoms with Crippen LogP contribution in [0, 0.1) is 0 Å². The minimum absolute atomic E-state index is 0.111. The van der Waals surface area contributed by atoms with E-state index >= 15 is 0 Å². The van der Waals surface area contributed by atoms with E-state index < -0.39 is 29.2 Å². The number of rotatable bonds is 1. The molecule has 17 heavy (non-hydrogen) atoms. The number of carbonyl (C=O) groups excluding carboxylic acids is 2. The molecule has 1 aliphatic heterocycles. The Kier molecular flexibility index (Phi) is 2.34. The van der Waals surface area contributed by atoms with Gasteiger partial charge in [-0.3, -0.25) is 9.59 Å². The topological polar surface area (TPSA) is 55.4 Å². The van der Waals surface area contributed by atoms with E-state index in [1.54, 1.807) is 0 Å². The monoisotopic (exact) mass is 245 g/mol. The third-order valence-electron chi connectivity index (χ3n) is 2.34. The minimum Gasteiger partial charge on any atom is -0.496 e. The zero-order chi connectivity index (χ0) is 12.8. The molecule has 0 unspecified atom stereocenters. The molecular formula is C10H6F3NO3. The van der Waals surface area contributed by atoms with Gasteiger partial charge in [0, 0.05) is 0 Å². The Balaban J connectivity index is 2.64. The van der Waals surface area contributed by atoms with Crippen molar-refractivity contribution < 1.29 is 27.5 Å². The van der Waals surface area contributed by atoms with Crippen molar-refractivity contribution >= 4 is 17.4 Å². The van der Waals surface area contributed by atoms with Crippen LogP contribution >= 0.6 is 0 Å². The zero-order valence-corrected chi connectivity index (χ0v) is 8.51. The SMILES string of the molecule is COc1cc2c(cc1C(F)(F)F)NC(=O)C2=O. The maximum atomic E-state index is 12.6. The van der Waals surface area contributed by atoms with Crippen molar-refractivity contribution in [3.63, 3.8) is 0 Å². The zero-order valence-electron chi connectivity index (χ0n) is 8.51. The molecule has 0 fully saturated rings. The van der Waals surface area contributed by atoms with Gasteiger partial charge in [0.2, 0.25) is 0 Å². The number of Topliss-reactive ketones (excluding diaryl/α,β-unsaturated/α-hetero) is 1. The Bertz CT molecular complexity index is 522. The van der Waals surface area contributed by atoms with Crippen LogP contribution in [0.25, 0.3) is 0 Å². The van der Waals surface area contributed by atoms with Crippen LogP contribution in [0.2, 0.25) is 0 Å². The molecule has 0 aliphatic carbocycles. The van der Waals surface area contributed by atoms with Gasteiger partial charge in [0.1, 0.15) is 5.75 Å². The van der Waals surface area contributed by atoms with Crippen molar-refractivity contribution in [1.82, 2.24) is 0 Å². The van der Waals surface area contributed by atoms with Crippen molar-refractivity contribution in [3.8, 4) is 5.75 Å². The first-order valence-electron chi connectivity index (χ1n) is 4.49. The van der Waals surface area contributed by atoms with Crippen LogP contribution in [0.3, 0.4) is 0 Å². The van der Waals surface area contributed by atoms with Crippen LogP contribution in [-0.4, -0.2) is 18.8 Å². The van der Waals surface area contributed by atoms with E-state index in [-0.39, 0.29) is 11.3 Å². The highest BCUT2D eigenvalue weighted by atomic mass is 19.4. The average Bonchev–Trinajstić information content (AvgIpc) is 2.52. The van der Waals surface area contributed by atoms with Gasteiger partial charge in [0.15, 0.2) is 0 Å². The van der Waals surface area contributed by atoms with Crippen molar-refractivity contribution in [1.29, 1.82) is 0 Å². The van der Waals surface area contributed by atoms with E-state index in [0.29, 0.717) is 6.07 Å². The predicted octanol–water partition coefficient (Wildman–Crippen LogP) is 1.85. The number of amides is 1. The smallest absolute Gasteiger partial charge is 0.420 e. The molecule has 1 N–H and O–H groups in total. The van der Waals surface area contributed by atoms with Crippen molar-refractivity contribution in [2.24, 2.45) is 0 Å². The Morgan fingerprint density at radius 3 is 2.41 bits per heavy atom. The second kappa shape index (κ2) is 3.47. The highest BCUT2D eigenvalue weighted by molar-refractivity contribution is 6.51. The summed E-state index contributed by atoms with van der Waals surface area (Å²) in [5.41, 5.74) is -1.29. The third-order valence-corrected chi connectivity index (χ3v) is 2.34. The lowest BCUT2D eigenvalue weighted by molar-refractivity contribution is -0.138. The number of benzene rings is 1. The summed E-state index contributed by atoms with van der Waals surface area (Å²) in [5.74, 6) is -2.30. The Labute approximate surface area is 93.4 Å². The lowest BCUT2D eigenvalue weighted by atomic mass is 10.1. The number of halogens is 3. The van der Waals surface area contributed by atoms with Crippen LogP contribution in [0.5, 0.6) is 5.75 Å². The summed E-state index contributed by atoms with van der Waals surface area (Å²) in [6.45, 7) is 0. The van der Waals surface area contributed by atoms with Crippen LogP contribution in [0.4, 0.5) is 18.9 Å². The number of ether oxygens (including phenoxy) is 1. The Hall–Kier alpha value is -2.05. The van der Waals surface area contributed by atoms with Gasteiger partial charge >= 0.3 is 6.18 Å². The second-order valence-electron chi connectivity index (χ2n) is 3.38. The van der Waals surface area contributed by atoms with Crippen LogP contribution in [0.15, 0.2) is 12.1 Å². The van der Waals surface area contributed by atoms with E-state index in [9.17, 15) is 22.8 Å². The summed E-state index contributed by atoms with van der Waals surface area (Å²) in [6.07, 6.45) is -4.61. The maximum absolute atomic E-state index is 12.6. The number of ketones is 1. The maximum Gasteiger partial charge on any atom is 0.420 e. The number of nitrogens with one attached hydrogen (secondary N) is 1. The molecular weight excluding hydrogens is 239 g/mol. The van der Waals surface area contributed by atoms with Crippen molar-refractivity contribution in [2.45, 2.75) is 6.18 Å². The number of anilines is 1. The molecule has 7 heteroatoms. The fraction of sp³-hybridized carbons (Fsp3) is 0.200. The van der Waals surface area contributed by atoms with Gasteiger partial charge in [-0.1, -0.05) is 0 Å². The van der Waals surface area contributed by atoms with E-state index in [1.165, 1.54) is 0 Å². The Morgan fingerprint density at radius 2 is 1.88 bits per heavy atom. The summed E-state index contributed by atoms with van der Waals surface area (Å²) >= 11 is 0. The van der Waals surface area contributed by atoms with Crippen LogP contribution in [-0.2, 0) is 11.0 Å². The fourth-order valence-corrected chi connectivity index (χ4v) is 1.56. The number of hydrogen-bond acceptors (Lipinski definition) is 3. The summed E-state index contributed by atoms with van der Waals surface area (Å²) in [7, 11) is 1.06. The molecule has 90 valence electrons. The number of fused-ring (bicyclic) bond motifs is 1.